The van der Waals surface area contributed by atoms with Crippen molar-refractivity contribution in [3.05, 3.63) is 28.7 Å². The van der Waals surface area contributed by atoms with Crippen LogP contribution in [0.15, 0.2) is 33.6 Å². The van der Waals surface area contributed by atoms with E-state index in [1.807, 2.05) is 6.92 Å². The van der Waals surface area contributed by atoms with Crippen molar-refractivity contribution in [1.82, 2.24) is 10.0 Å². The average Bonchev–Trinajstić information content (AvgIpc) is 2.39. The third-order valence-corrected chi connectivity index (χ3v) is 6.08. The van der Waals surface area contributed by atoms with Crippen molar-refractivity contribution in [3.63, 3.8) is 0 Å². The number of hydrogen-bond donors (Lipinski definition) is 2. The lowest BCUT2D eigenvalue weighted by Crippen LogP contribution is -2.44. The fraction of sp³-hybridized carbons (Fsp3) is 0.538. The Labute approximate surface area is 135 Å². The second-order valence-corrected chi connectivity index (χ2v) is 7.48. The standard InChI is InChI=1S/C13H19BrN2O2S.ClH/c1-10(11-5-4-8-15-9-11)16-19(17,18)13-7-3-2-6-12(13)14;/h2-3,6-7,10-11,15-16H,4-5,8-9H2,1H3;1H. The van der Waals surface area contributed by atoms with Gasteiger partial charge in [0.05, 0.1) is 4.90 Å². The lowest BCUT2D eigenvalue weighted by atomic mass is 9.94. The lowest BCUT2D eigenvalue weighted by Gasteiger charge is -2.28. The highest BCUT2D eigenvalue weighted by Gasteiger charge is 2.25. The average molecular weight is 384 g/mol. The first-order valence-corrected chi connectivity index (χ1v) is 8.76. The van der Waals surface area contributed by atoms with Gasteiger partial charge in [0.25, 0.3) is 0 Å². The van der Waals surface area contributed by atoms with Crippen LogP contribution in [0.25, 0.3) is 0 Å². The zero-order valence-electron chi connectivity index (χ0n) is 11.3. The zero-order valence-corrected chi connectivity index (χ0v) is 14.5. The molecule has 0 saturated carbocycles. The van der Waals surface area contributed by atoms with Crippen molar-refractivity contribution in [1.29, 1.82) is 0 Å². The van der Waals surface area contributed by atoms with Gasteiger partial charge in [-0.25, -0.2) is 13.1 Å². The van der Waals surface area contributed by atoms with Gasteiger partial charge in [-0.1, -0.05) is 12.1 Å². The molecule has 0 amide bonds. The van der Waals surface area contributed by atoms with Gasteiger partial charge in [0, 0.05) is 10.5 Å². The SMILES string of the molecule is CC(NS(=O)(=O)c1ccccc1Br)C1CCCNC1.Cl. The molecule has 1 aliphatic heterocycles. The number of rotatable bonds is 4. The normalized spacial score (nSPS) is 21.0. The molecule has 2 unspecified atom stereocenters. The molecule has 0 aliphatic carbocycles. The summed E-state index contributed by atoms with van der Waals surface area (Å²) >= 11 is 3.29. The minimum atomic E-state index is -3.46. The first kappa shape index (κ1) is 17.9. The van der Waals surface area contributed by atoms with Crippen LogP contribution in [-0.4, -0.2) is 27.5 Å². The maximum atomic E-state index is 12.3. The molecule has 0 radical (unpaired) electrons. The number of hydrogen-bond acceptors (Lipinski definition) is 3. The van der Waals surface area contributed by atoms with Crippen molar-refractivity contribution >= 4 is 38.4 Å². The van der Waals surface area contributed by atoms with Crippen LogP contribution in [0.5, 0.6) is 0 Å². The summed E-state index contributed by atoms with van der Waals surface area (Å²) in [6.07, 6.45) is 2.17. The topological polar surface area (TPSA) is 58.2 Å². The number of benzene rings is 1. The maximum absolute atomic E-state index is 12.3. The quantitative estimate of drug-likeness (QED) is 0.840. The van der Waals surface area contributed by atoms with E-state index in [4.69, 9.17) is 0 Å². The third-order valence-electron chi connectivity index (χ3n) is 3.51. The summed E-state index contributed by atoms with van der Waals surface area (Å²) in [5, 5.41) is 3.31. The number of nitrogens with one attached hydrogen (secondary N) is 2. The van der Waals surface area contributed by atoms with Crippen LogP contribution in [0.4, 0.5) is 0 Å². The molecule has 2 rings (SSSR count). The molecule has 0 spiro atoms. The molecule has 4 nitrogen and oxygen atoms in total. The van der Waals surface area contributed by atoms with E-state index in [0.717, 1.165) is 25.9 Å². The largest absolute Gasteiger partial charge is 0.316 e. The predicted octanol–water partition coefficient (Wildman–Crippen LogP) is 2.54. The molecule has 1 heterocycles. The summed E-state index contributed by atoms with van der Waals surface area (Å²) in [6, 6.07) is 6.81. The Hall–Kier alpha value is -0.140. The summed E-state index contributed by atoms with van der Waals surface area (Å²) in [5.74, 6) is 0.353. The van der Waals surface area contributed by atoms with E-state index in [-0.39, 0.29) is 18.4 Å². The van der Waals surface area contributed by atoms with Gasteiger partial charge in [-0.05, 0) is 66.8 Å². The molecular weight excluding hydrogens is 364 g/mol. The van der Waals surface area contributed by atoms with Gasteiger partial charge < -0.3 is 5.32 Å². The number of piperidine rings is 1. The predicted molar refractivity (Wildman–Crippen MR) is 86.8 cm³/mol. The van der Waals surface area contributed by atoms with Crippen LogP contribution in [0.2, 0.25) is 0 Å². The van der Waals surface area contributed by atoms with Crippen LogP contribution >= 0.6 is 28.3 Å². The van der Waals surface area contributed by atoms with Crippen molar-refractivity contribution in [2.24, 2.45) is 5.92 Å². The smallest absolute Gasteiger partial charge is 0.241 e. The Morgan fingerprint density at radius 3 is 2.70 bits per heavy atom. The van der Waals surface area contributed by atoms with Gasteiger partial charge in [0.1, 0.15) is 0 Å². The van der Waals surface area contributed by atoms with E-state index in [0.29, 0.717) is 15.3 Å². The summed E-state index contributed by atoms with van der Waals surface area (Å²) in [7, 11) is -3.46. The molecule has 1 aromatic rings. The second-order valence-electron chi connectivity index (χ2n) is 4.95. The van der Waals surface area contributed by atoms with Crippen molar-refractivity contribution in [2.75, 3.05) is 13.1 Å². The minimum Gasteiger partial charge on any atom is -0.316 e. The molecule has 1 aliphatic rings. The molecule has 114 valence electrons. The van der Waals surface area contributed by atoms with Gasteiger partial charge in [0.2, 0.25) is 10.0 Å². The third kappa shape index (κ3) is 4.43. The summed E-state index contributed by atoms with van der Waals surface area (Å²) in [4.78, 5) is 0.297. The van der Waals surface area contributed by atoms with Gasteiger partial charge in [0.15, 0.2) is 0 Å². The fourth-order valence-corrected chi connectivity index (χ4v) is 4.69. The van der Waals surface area contributed by atoms with E-state index < -0.39 is 10.0 Å². The van der Waals surface area contributed by atoms with Crippen LogP contribution in [-0.2, 0) is 10.0 Å². The molecule has 2 atom stereocenters. The van der Waals surface area contributed by atoms with Crippen molar-refractivity contribution in [3.8, 4) is 0 Å². The van der Waals surface area contributed by atoms with Crippen molar-refractivity contribution < 1.29 is 8.42 Å². The Morgan fingerprint density at radius 1 is 1.40 bits per heavy atom. The van der Waals surface area contributed by atoms with E-state index in [9.17, 15) is 8.42 Å². The highest BCUT2D eigenvalue weighted by Crippen LogP contribution is 2.22. The molecule has 1 aromatic carbocycles. The molecule has 0 bridgehead atoms. The number of sulfonamides is 1. The van der Waals surface area contributed by atoms with Gasteiger partial charge in [-0.2, -0.15) is 0 Å². The monoisotopic (exact) mass is 382 g/mol. The number of halogens is 2. The van der Waals surface area contributed by atoms with Crippen LogP contribution in [0.1, 0.15) is 19.8 Å². The molecule has 2 N–H and O–H groups in total. The van der Waals surface area contributed by atoms with E-state index in [1.54, 1.807) is 24.3 Å². The molecule has 0 aromatic heterocycles. The summed E-state index contributed by atoms with van der Waals surface area (Å²) in [6.45, 7) is 3.84. The van der Waals surface area contributed by atoms with Gasteiger partial charge in [-0.15, -0.1) is 12.4 Å². The van der Waals surface area contributed by atoms with Gasteiger partial charge in [-0.3, -0.25) is 0 Å². The molecule has 7 heteroatoms. The molecule has 1 saturated heterocycles. The van der Waals surface area contributed by atoms with E-state index in [1.165, 1.54) is 0 Å². The first-order valence-electron chi connectivity index (χ1n) is 6.48. The van der Waals surface area contributed by atoms with Crippen molar-refractivity contribution in [2.45, 2.75) is 30.7 Å². The van der Waals surface area contributed by atoms with E-state index in [2.05, 4.69) is 26.0 Å². The Bertz CT molecular complexity index is 533. The summed E-state index contributed by atoms with van der Waals surface area (Å²) < 4.78 is 28.1. The van der Waals surface area contributed by atoms with Crippen LogP contribution < -0.4 is 10.0 Å². The van der Waals surface area contributed by atoms with E-state index >= 15 is 0 Å². The van der Waals surface area contributed by atoms with Crippen LogP contribution in [0, 0.1) is 5.92 Å². The summed E-state index contributed by atoms with van der Waals surface area (Å²) in [5.41, 5.74) is 0. The zero-order chi connectivity index (χ0) is 13.9. The second kappa shape index (κ2) is 7.75. The molecule has 1 fully saturated rings. The molecular formula is C13H20BrClN2O2S. The maximum Gasteiger partial charge on any atom is 0.241 e. The van der Waals surface area contributed by atoms with Crippen LogP contribution in [0.3, 0.4) is 0 Å². The lowest BCUT2D eigenvalue weighted by molar-refractivity contribution is 0.320. The Morgan fingerprint density at radius 2 is 2.10 bits per heavy atom. The highest BCUT2D eigenvalue weighted by molar-refractivity contribution is 9.10. The molecule has 20 heavy (non-hydrogen) atoms. The van der Waals surface area contributed by atoms with Gasteiger partial charge >= 0.3 is 0 Å². The first-order chi connectivity index (χ1) is 9.00. The minimum absolute atomic E-state index is 0. The highest BCUT2D eigenvalue weighted by atomic mass is 79.9. The Kier molecular flexibility index (Phi) is 6.94. The Balaban J connectivity index is 0.00000200. The fourth-order valence-electron chi connectivity index (χ4n) is 2.37.